The van der Waals surface area contributed by atoms with Crippen LogP contribution in [-0.4, -0.2) is 21.0 Å². The highest BCUT2D eigenvalue weighted by atomic mass is 19.4. The van der Waals surface area contributed by atoms with Gasteiger partial charge >= 0.3 is 12.1 Å². The van der Waals surface area contributed by atoms with Crippen LogP contribution in [0, 0.1) is 0 Å². The second kappa shape index (κ2) is 7.47. The third-order valence-corrected chi connectivity index (χ3v) is 4.47. The van der Waals surface area contributed by atoms with Crippen LogP contribution in [0.5, 0.6) is 0 Å². The van der Waals surface area contributed by atoms with E-state index in [4.69, 9.17) is 0 Å². The van der Waals surface area contributed by atoms with Crippen molar-refractivity contribution in [3.63, 3.8) is 0 Å². The van der Waals surface area contributed by atoms with Gasteiger partial charge in [0.2, 0.25) is 5.82 Å². The van der Waals surface area contributed by atoms with Crippen LogP contribution in [0.4, 0.5) is 24.7 Å². The maximum absolute atomic E-state index is 13.2. The molecule has 8 heteroatoms. The van der Waals surface area contributed by atoms with Gasteiger partial charge in [-0.1, -0.05) is 42.5 Å². The Kier molecular flexibility index (Phi) is 4.83. The summed E-state index contributed by atoms with van der Waals surface area (Å²) >= 11 is 0. The molecule has 0 spiro atoms. The fourth-order valence-corrected chi connectivity index (χ4v) is 3.09. The van der Waals surface area contributed by atoms with E-state index in [0.29, 0.717) is 22.2 Å². The maximum atomic E-state index is 13.2. The van der Waals surface area contributed by atoms with Crippen LogP contribution in [0.25, 0.3) is 22.0 Å². The molecule has 0 saturated heterocycles. The van der Waals surface area contributed by atoms with Crippen molar-refractivity contribution in [2.24, 2.45) is 0 Å². The summed E-state index contributed by atoms with van der Waals surface area (Å²) in [6.45, 7) is 0. The molecule has 4 aromatic rings. The number of aromatic nitrogens is 2. The van der Waals surface area contributed by atoms with E-state index in [9.17, 15) is 23.1 Å². The first-order chi connectivity index (χ1) is 14.3. The minimum atomic E-state index is -4.68. The first-order valence-corrected chi connectivity index (χ1v) is 8.87. The third-order valence-electron chi connectivity index (χ3n) is 4.47. The molecule has 0 amide bonds. The van der Waals surface area contributed by atoms with Crippen LogP contribution < -0.4 is 5.32 Å². The zero-order chi connectivity index (χ0) is 21.3. The van der Waals surface area contributed by atoms with Crippen molar-refractivity contribution in [1.82, 2.24) is 9.97 Å². The van der Waals surface area contributed by atoms with Crippen molar-refractivity contribution in [2.45, 2.75) is 6.18 Å². The number of rotatable bonds is 4. The molecule has 0 aliphatic rings. The van der Waals surface area contributed by atoms with E-state index >= 15 is 0 Å². The van der Waals surface area contributed by atoms with E-state index in [2.05, 4.69) is 15.3 Å². The van der Waals surface area contributed by atoms with E-state index in [1.165, 1.54) is 12.1 Å². The van der Waals surface area contributed by atoms with E-state index in [-0.39, 0.29) is 16.9 Å². The molecule has 0 unspecified atom stereocenters. The largest absolute Gasteiger partial charge is 0.478 e. The van der Waals surface area contributed by atoms with E-state index < -0.39 is 18.0 Å². The fraction of sp³-hybridized carbons (Fsp3) is 0.0455. The SMILES string of the molecule is O=C(O)c1ccccc1-c1ccc(Nc2nc(C(F)(F)F)nc3ccccc23)cc1. The number of carboxylic acids is 1. The predicted octanol–water partition coefficient (Wildman–Crippen LogP) is 5.76. The van der Waals surface area contributed by atoms with Gasteiger partial charge < -0.3 is 10.4 Å². The summed E-state index contributed by atoms with van der Waals surface area (Å²) in [5.41, 5.74) is 2.05. The Morgan fingerprint density at radius 2 is 1.53 bits per heavy atom. The van der Waals surface area contributed by atoms with Crippen molar-refractivity contribution in [3.05, 3.63) is 84.2 Å². The minimum Gasteiger partial charge on any atom is -0.478 e. The highest BCUT2D eigenvalue weighted by molar-refractivity contribution is 5.96. The monoisotopic (exact) mass is 409 g/mol. The van der Waals surface area contributed by atoms with Crippen LogP contribution in [0.2, 0.25) is 0 Å². The standard InChI is InChI=1S/C22H14F3N3O2/c23-22(24,25)21-27-18-8-4-3-7-17(18)19(28-21)26-14-11-9-13(10-12-14)15-5-1-2-6-16(15)20(29)30/h1-12H,(H,29,30)(H,26,27,28). The van der Waals surface area contributed by atoms with Gasteiger partial charge in [-0.05, 0) is 41.5 Å². The van der Waals surface area contributed by atoms with Gasteiger partial charge in [0, 0.05) is 11.1 Å². The average molecular weight is 409 g/mol. The number of para-hydroxylation sites is 1. The van der Waals surface area contributed by atoms with Gasteiger partial charge in [-0.3, -0.25) is 0 Å². The smallest absolute Gasteiger partial charge is 0.451 e. The molecule has 2 N–H and O–H groups in total. The Hall–Kier alpha value is -3.94. The van der Waals surface area contributed by atoms with Crippen LogP contribution in [-0.2, 0) is 6.18 Å². The lowest BCUT2D eigenvalue weighted by Gasteiger charge is -2.13. The number of hydrogen-bond acceptors (Lipinski definition) is 4. The number of nitrogens with one attached hydrogen (secondary N) is 1. The molecule has 0 radical (unpaired) electrons. The van der Waals surface area contributed by atoms with Crippen LogP contribution in [0.1, 0.15) is 16.2 Å². The molecule has 0 bridgehead atoms. The number of anilines is 2. The van der Waals surface area contributed by atoms with Gasteiger partial charge in [0.05, 0.1) is 11.1 Å². The third kappa shape index (κ3) is 3.80. The number of alkyl halides is 3. The summed E-state index contributed by atoms with van der Waals surface area (Å²) in [6, 6.07) is 19.7. The zero-order valence-corrected chi connectivity index (χ0v) is 15.3. The number of fused-ring (bicyclic) bond motifs is 1. The quantitative estimate of drug-likeness (QED) is 0.448. The summed E-state index contributed by atoms with van der Waals surface area (Å²) in [6.07, 6.45) is -4.68. The number of hydrogen-bond donors (Lipinski definition) is 2. The summed E-state index contributed by atoms with van der Waals surface area (Å²) in [5, 5.41) is 12.7. The van der Waals surface area contributed by atoms with Crippen LogP contribution >= 0.6 is 0 Å². The Labute approximate surface area is 168 Å². The van der Waals surface area contributed by atoms with Crippen molar-refractivity contribution in [2.75, 3.05) is 5.32 Å². The lowest BCUT2D eigenvalue weighted by Crippen LogP contribution is -2.12. The van der Waals surface area contributed by atoms with Gasteiger partial charge in [0.1, 0.15) is 5.82 Å². The average Bonchev–Trinajstić information content (AvgIpc) is 2.73. The van der Waals surface area contributed by atoms with Crippen molar-refractivity contribution < 1.29 is 23.1 Å². The van der Waals surface area contributed by atoms with Crippen LogP contribution in [0.15, 0.2) is 72.8 Å². The van der Waals surface area contributed by atoms with Gasteiger partial charge in [-0.15, -0.1) is 0 Å². The zero-order valence-electron chi connectivity index (χ0n) is 15.3. The fourth-order valence-electron chi connectivity index (χ4n) is 3.09. The first-order valence-electron chi connectivity index (χ1n) is 8.87. The molecule has 0 aliphatic heterocycles. The summed E-state index contributed by atoms with van der Waals surface area (Å²) in [5.74, 6) is -2.23. The van der Waals surface area contributed by atoms with Gasteiger partial charge in [0.15, 0.2) is 0 Å². The first kappa shape index (κ1) is 19.4. The molecule has 0 fully saturated rings. The topological polar surface area (TPSA) is 75.1 Å². The summed E-state index contributed by atoms with van der Waals surface area (Å²) < 4.78 is 39.5. The molecule has 3 aromatic carbocycles. The number of aromatic carboxylic acids is 1. The van der Waals surface area contributed by atoms with E-state index in [1.807, 2.05) is 0 Å². The molecular weight excluding hydrogens is 395 g/mol. The highest BCUT2D eigenvalue weighted by Crippen LogP contribution is 2.32. The molecule has 1 aromatic heterocycles. The molecule has 4 rings (SSSR count). The Balaban J connectivity index is 1.71. The Morgan fingerprint density at radius 1 is 0.867 bits per heavy atom. The number of carbonyl (C=O) groups is 1. The normalized spacial score (nSPS) is 11.4. The van der Waals surface area contributed by atoms with E-state index in [1.54, 1.807) is 60.7 Å². The lowest BCUT2D eigenvalue weighted by molar-refractivity contribution is -0.144. The molecule has 5 nitrogen and oxygen atoms in total. The summed E-state index contributed by atoms with van der Waals surface area (Å²) in [7, 11) is 0. The molecule has 150 valence electrons. The van der Waals surface area contributed by atoms with Crippen molar-refractivity contribution in [1.29, 1.82) is 0 Å². The molecule has 0 saturated carbocycles. The summed E-state index contributed by atoms with van der Waals surface area (Å²) in [4.78, 5) is 18.7. The number of nitrogens with zero attached hydrogens (tertiary/aromatic N) is 2. The van der Waals surface area contributed by atoms with Crippen LogP contribution in [0.3, 0.4) is 0 Å². The minimum absolute atomic E-state index is 0.0339. The van der Waals surface area contributed by atoms with Crippen molar-refractivity contribution >= 4 is 28.4 Å². The van der Waals surface area contributed by atoms with Gasteiger partial charge in [-0.25, -0.2) is 14.8 Å². The molecular formula is C22H14F3N3O2. The maximum Gasteiger partial charge on any atom is 0.451 e. The van der Waals surface area contributed by atoms with Gasteiger partial charge in [-0.2, -0.15) is 13.2 Å². The number of carboxylic acid groups (broad SMARTS) is 1. The Bertz CT molecular complexity index is 1240. The highest BCUT2D eigenvalue weighted by Gasteiger charge is 2.35. The lowest BCUT2D eigenvalue weighted by atomic mass is 9.99. The number of benzene rings is 3. The second-order valence-corrected chi connectivity index (χ2v) is 6.46. The molecule has 30 heavy (non-hydrogen) atoms. The van der Waals surface area contributed by atoms with Gasteiger partial charge in [0.25, 0.3) is 0 Å². The Morgan fingerprint density at radius 3 is 2.23 bits per heavy atom. The predicted molar refractivity (Wildman–Crippen MR) is 107 cm³/mol. The molecule has 0 atom stereocenters. The molecule has 0 aliphatic carbocycles. The molecule has 1 heterocycles. The number of halogens is 3. The van der Waals surface area contributed by atoms with E-state index in [0.717, 1.165) is 0 Å². The second-order valence-electron chi connectivity index (χ2n) is 6.46. The van der Waals surface area contributed by atoms with Crippen molar-refractivity contribution in [3.8, 4) is 11.1 Å².